The number of carboxylic acids is 1. The van der Waals surface area contributed by atoms with Crippen LogP contribution in [-0.2, 0) is 19.9 Å². The van der Waals surface area contributed by atoms with Crippen molar-refractivity contribution in [2.45, 2.75) is 12.8 Å². The van der Waals surface area contributed by atoms with Crippen LogP contribution in [0.3, 0.4) is 0 Å². The zero-order valence-corrected chi connectivity index (χ0v) is 9.54. The van der Waals surface area contributed by atoms with Crippen LogP contribution in [0.4, 0.5) is 0 Å². The Kier molecular flexibility index (Phi) is 1.91. The van der Waals surface area contributed by atoms with Crippen LogP contribution < -0.4 is 0 Å². The molecule has 2 aromatic heterocycles. The molecule has 1 aliphatic rings. The van der Waals surface area contributed by atoms with E-state index >= 15 is 0 Å². The topological polar surface area (TPSA) is 55.1 Å². The van der Waals surface area contributed by atoms with E-state index in [0.717, 1.165) is 29.7 Å². The lowest BCUT2D eigenvalue weighted by Crippen LogP contribution is -2.06. The first-order valence-corrected chi connectivity index (χ1v) is 5.92. The number of thiophene rings is 1. The minimum atomic E-state index is -0.935. The fourth-order valence-corrected chi connectivity index (χ4v) is 3.18. The van der Waals surface area contributed by atoms with E-state index in [1.165, 1.54) is 4.88 Å². The summed E-state index contributed by atoms with van der Waals surface area (Å²) < 4.78 is 1.68. The summed E-state index contributed by atoms with van der Waals surface area (Å²) in [4.78, 5) is 12.4. The van der Waals surface area contributed by atoms with Crippen LogP contribution in [0, 0.1) is 0 Å². The third-order valence-corrected chi connectivity index (χ3v) is 3.93. The molecule has 2 heterocycles. The molecule has 0 saturated carbocycles. The molecule has 0 radical (unpaired) electrons. The Balaban J connectivity index is 2.30. The fraction of sp³-hybridized carbons (Fsp3) is 0.273. The lowest BCUT2D eigenvalue weighted by Gasteiger charge is -2.13. The Morgan fingerprint density at radius 3 is 3.12 bits per heavy atom. The standard InChI is InChI=1S/C11H10N2O2S/c1-13-10-6-4-5-16-8(6)3-2-7(10)9(12-13)11(14)15/h4-5H,2-3H2,1H3,(H,14,15). The summed E-state index contributed by atoms with van der Waals surface area (Å²) >= 11 is 1.73. The second kappa shape index (κ2) is 3.18. The number of aromatic nitrogens is 2. The predicted molar refractivity (Wildman–Crippen MR) is 60.9 cm³/mol. The van der Waals surface area contributed by atoms with Crippen LogP contribution in [0.25, 0.3) is 11.3 Å². The highest BCUT2D eigenvalue weighted by Crippen LogP contribution is 2.37. The van der Waals surface area contributed by atoms with Crippen molar-refractivity contribution in [3.63, 3.8) is 0 Å². The first kappa shape index (κ1) is 9.59. The molecule has 2 aromatic rings. The van der Waals surface area contributed by atoms with Gasteiger partial charge in [-0.15, -0.1) is 11.3 Å². The molecule has 0 amide bonds. The summed E-state index contributed by atoms with van der Waals surface area (Å²) in [5.74, 6) is -0.935. The average molecular weight is 234 g/mol. The van der Waals surface area contributed by atoms with Crippen LogP contribution in [0.15, 0.2) is 11.4 Å². The largest absolute Gasteiger partial charge is 0.476 e. The van der Waals surface area contributed by atoms with Gasteiger partial charge >= 0.3 is 5.97 Å². The normalized spacial score (nSPS) is 13.3. The van der Waals surface area contributed by atoms with Gasteiger partial charge in [0.15, 0.2) is 5.69 Å². The van der Waals surface area contributed by atoms with E-state index in [9.17, 15) is 4.79 Å². The van der Waals surface area contributed by atoms with Gasteiger partial charge in [0, 0.05) is 23.1 Å². The number of aromatic carboxylic acids is 1. The summed E-state index contributed by atoms with van der Waals surface area (Å²) in [6.07, 6.45) is 1.70. The molecule has 16 heavy (non-hydrogen) atoms. The third kappa shape index (κ3) is 1.15. The maximum atomic E-state index is 11.1. The molecule has 0 bridgehead atoms. The van der Waals surface area contributed by atoms with Crippen molar-refractivity contribution in [1.29, 1.82) is 0 Å². The van der Waals surface area contributed by atoms with Gasteiger partial charge in [-0.2, -0.15) is 5.10 Å². The summed E-state index contributed by atoms with van der Waals surface area (Å²) in [5.41, 5.74) is 3.20. The molecule has 0 unspecified atom stereocenters. The highest BCUT2D eigenvalue weighted by Gasteiger charge is 2.27. The van der Waals surface area contributed by atoms with Gasteiger partial charge in [0.05, 0.1) is 5.69 Å². The highest BCUT2D eigenvalue weighted by molar-refractivity contribution is 7.10. The Morgan fingerprint density at radius 1 is 1.56 bits per heavy atom. The molecular weight excluding hydrogens is 224 g/mol. The van der Waals surface area contributed by atoms with Crippen LogP contribution in [0.1, 0.15) is 20.9 Å². The summed E-state index contributed by atoms with van der Waals surface area (Å²) in [6, 6.07) is 2.05. The lowest BCUT2D eigenvalue weighted by molar-refractivity contribution is 0.0688. The first-order valence-electron chi connectivity index (χ1n) is 5.04. The Labute approximate surface area is 96.1 Å². The zero-order valence-electron chi connectivity index (χ0n) is 8.73. The van der Waals surface area contributed by atoms with E-state index in [1.807, 2.05) is 11.4 Å². The smallest absolute Gasteiger partial charge is 0.356 e. The van der Waals surface area contributed by atoms with E-state index < -0.39 is 5.97 Å². The fourth-order valence-electron chi connectivity index (χ4n) is 2.30. The molecule has 0 atom stereocenters. The van der Waals surface area contributed by atoms with Gasteiger partial charge in [0.1, 0.15) is 0 Å². The van der Waals surface area contributed by atoms with Crippen LogP contribution >= 0.6 is 11.3 Å². The number of carboxylic acid groups (broad SMARTS) is 1. The van der Waals surface area contributed by atoms with Crippen molar-refractivity contribution < 1.29 is 9.90 Å². The average Bonchev–Trinajstić information content (AvgIpc) is 2.81. The second-order valence-corrected chi connectivity index (χ2v) is 4.86. The van der Waals surface area contributed by atoms with Gasteiger partial charge in [-0.25, -0.2) is 4.79 Å². The van der Waals surface area contributed by atoms with Gasteiger partial charge in [0.2, 0.25) is 0 Å². The van der Waals surface area contributed by atoms with E-state index in [4.69, 9.17) is 5.11 Å². The molecule has 0 saturated heterocycles. The first-order chi connectivity index (χ1) is 7.68. The number of hydrogen-bond donors (Lipinski definition) is 1. The van der Waals surface area contributed by atoms with Crippen molar-refractivity contribution in [2.75, 3.05) is 0 Å². The van der Waals surface area contributed by atoms with Crippen molar-refractivity contribution in [3.05, 3.63) is 27.6 Å². The summed E-state index contributed by atoms with van der Waals surface area (Å²) in [5, 5.41) is 15.2. The molecule has 5 heteroatoms. The molecule has 1 aliphatic carbocycles. The zero-order chi connectivity index (χ0) is 11.3. The quantitative estimate of drug-likeness (QED) is 0.820. The van der Waals surface area contributed by atoms with E-state index in [-0.39, 0.29) is 5.69 Å². The van der Waals surface area contributed by atoms with Gasteiger partial charge in [-0.05, 0) is 24.3 Å². The molecule has 4 nitrogen and oxygen atoms in total. The van der Waals surface area contributed by atoms with E-state index in [0.29, 0.717) is 0 Å². The monoisotopic (exact) mass is 234 g/mol. The van der Waals surface area contributed by atoms with Gasteiger partial charge in [-0.1, -0.05) is 0 Å². The van der Waals surface area contributed by atoms with Crippen LogP contribution in [-0.4, -0.2) is 20.9 Å². The molecule has 1 N–H and O–H groups in total. The predicted octanol–water partition coefficient (Wildman–Crippen LogP) is 1.95. The summed E-state index contributed by atoms with van der Waals surface area (Å²) in [6.45, 7) is 0. The number of carbonyl (C=O) groups is 1. The minimum Gasteiger partial charge on any atom is -0.476 e. The van der Waals surface area contributed by atoms with Gasteiger partial charge < -0.3 is 5.11 Å². The maximum absolute atomic E-state index is 11.1. The molecule has 0 spiro atoms. The summed E-state index contributed by atoms with van der Waals surface area (Å²) in [7, 11) is 1.80. The van der Waals surface area contributed by atoms with Crippen LogP contribution in [0.2, 0.25) is 0 Å². The number of fused-ring (bicyclic) bond motifs is 3. The Bertz CT molecular complexity index is 583. The number of rotatable bonds is 1. The molecule has 3 rings (SSSR count). The maximum Gasteiger partial charge on any atom is 0.356 e. The molecule has 0 aliphatic heterocycles. The number of nitrogens with zero attached hydrogens (tertiary/aromatic N) is 2. The van der Waals surface area contributed by atoms with Gasteiger partial charge in [-0.3, -0.25) is 4.68 Å². The second-order valence-electron chi connectivity index (χ2n) is 3.86. The van der Waals surface area contributed by atoms with Crippen LogP contribution in [0.5, 0.6) is 0 Å². The minimum absolute atomic E-state index is 0.203. The van der Waals surface area contributed by atoms with E-state index in [1.54, 1.807) is 23.1 Å². The number of aryl methyl sites for hydroxylation is 2. The third-order valence-electron chi connectivity index (χ3n) is 2.95. The van der Waals surface area contributed by atoms with E-state index in [2.05, 4.69) is 5.10 Å². The van der Waals surface area contributed by atoms with Gasteiger partial charge in [0.25, 0.3) is 0 Å². The SMILES string of the molecule is Cn1nc(C(=O)O)c2c1-c1ccsc1CC2. The Hall–Kier alpha value is -1.62. The molecule has 0 fully saturated rings. The molecule has 0 aromatic carbocycles. The molecule has 82 valence electrons. The lowest BCUT2D eigenvalue weighted by atomic mass is 9.95. The van der Waals surface area contributed by atoms with Crippen molar-refractivity contribution in [3.8, 4) is 11.3 Å². The van der Waals surface area contributed by atoms with Crippen molar-refractivity contribution >= 4 is 17.3 Å². The van der Waals surface area contributed by atoms with Crippen molar-refractivity contribution in [2.24, 2.45) is 7.05 Å². The molecular formula is C11H10N2O2S. The highest BCUT2D eigenvalue weighted by atomic mass is 32.1. The Morgan fingerprint density at radius 2 is 2.38 bits per heavy atom. The van der Waals surface area contributed by atoms with Crippen molar-refractivity contribution in [1.82, 2.24) is 9.78 Å². The number of hydrogen-bond acceptors (Lipinski definition) is 3.